The van der Waals surface area contributed by atoms with Crippen molar-refractivity contribution >= 4 is 17.6 Å². The number of carbonyl (C=O) groups excluding carboxylic acids is 2. The third kappa shape index (κ3) is 5.62. The number of carbonyl (C=O) groups is 2. The Hall–Kier alpha value is -2.31. The van der Waals surface area contributed by atoms with Crippen molar-refractivity contribution in [2.75, 3.05) is 31.6 Å². The largest absolute Gasteiger partial charge is 0.476 e. The zero-order valence-corrected chi connectivity index (χ0v) is 15.2. The van der Waals surface area contributed by atoms with Gasteiger partial charge in [0.05, 0.1) is 12.5 Å². The van der Waals surface area contributed by atoms with Crippen LogP contribution < -0.4 is 15.4 Å². The minimum Gasteiger partial charge on any atom is -0.476 e. The van der Waals surface area contributed by atoms with Gasteiger partial charge in [-0.25, -0.2) is 9.78 Å². The maximum atomic E-state index is 12.6. The van der Waals surface area contributed by atoms with Crippen molar-refractivity contribution in [3.63, 3.8) is 0 Å². The molecule has 0 aliphatic carbocycles. The van der Waals surface area contributed by atoms with Crippen molar-refractivity contribution < 1.29 is 14.3 Å². The van der Waals surface area contributed by atoms with E-state index in [2.05, 4.69) is 29.5 Å². The lowest BCUT2D eigenvalue weighted by Crippen LogP contribution is -2.48. The summed E-state index contributed by atoms with van der Waals surface area (Å²) in [4.78, 5) is 30.7. The Morgan fingerprint density at radius 3 is 2.96 bits per heavy atom. The molecule has 1 aromatic heterocycles. The Balaban J connectivity index is 1.94. The highest BCUT2D eigenvalue weighted by Gasteiger charge is 2.29. The van der Waals surface area contributed by atoms with Crippen LogP contribution in [0.25, 0.3) is 0 Å². The first-order valence-electron chi connectivity index (χ1n) is 8.92. The molecule has 1 atom stereocenters. The topological polar surface area (TPSA) is 83.6 Å². The Morgan fingerprint density at radius 2 is 2.24 bits per heavy atom. The first kappa shape index (κ1) is 19.0. The number of ether oxygens (including phenoxy) is 1. The minimum absolute atomic E-state index is 0.0948. The standard InChI is InChI=1S/C18H28N4O3/c1-4-25-17-15(8-5-9-19-17)21-16(23)14-7-6-10-22(12-14)18(24)20-11-13(2)3/h5,8-9,13-14H,4,6-7,10-12H2,1-3H3,(H,20,24)(H,21,23)/t14-/m0/s1. The number of piperidine rings is 1. The molecule has 7 heteroatoms. The molecule has 2 rings (SSSR count). The van der Waals surface area contributed by atoms with Crippen molar-refractivity contribution in [1.82, 2.24) is 15.2 Å². The van der Waals surface area contributed by atoms with E-state index in [4.69, 9.17) is 4.74 Å². The summed E-state index contributed by atoms with van der Waals surface area (Å²) >= 11 is 0. The third-order valence-corrected chi connectivity index (χ3v) is 4.05. The summed E-state index contributed by atoms with van der Waals surface area (Å²) in [5, 5.41) is 5.80. The summed E-state index contributed by atoms with van der Waals surface area (Å²) in [5.41, 5.74) is 0.565. The Kier molecular flexibility index (Phi) is 7.03. The Bertz CT molecular complexity index is 591. The predicted octanol–water partition coefficient (Wildman–Crippen LogP) is 2.50. The fourth-order valence-electron chi connectivity index (χ4n) is 2.75. The van der Waals surface area contributed by atoms with Crippen LogP contribution in [-0.4, -0.2) is 48.1 Å². The van der Waals surface area contributed by atoms with Gasteiger partial charge in [-0.05, 0) is 37.8 Å². The highest BCUT2D eigenvalue weighted by molar-refractivity contribution is 5.94. The monoisotopic (exact) mass is 348 g/mol. The second-order valence-electron chi connectivity index (χ2n) is 6.64. The van der Waals surface area contributed by atoms with Crippen LogP contribution in [-0.2, 0) is 4.79 Å². The molecule has 0 aromatic carbocycles. The number of amides is 3. The molecule has 1 aliphatic rings. The first-order valence-corrected chi connectivity index (χ1v) is 8.92. The van der Waals surface area contributed by atoms with Crippen LogP contribution in [0.4, 0.5) is 10.5 Å². The minimum atomic E-state index is -0.228. The summed E-state index contributed by atoms with van der Waals surface area (Å²) in [6, 6.07) is 3.43. The van der Waals surface area contributed by atoms with Gasteiger partial charge in [0.15, 0.2) is 0 Å². The van der Waals surface area contributed by atoms with Crippen molar-refractivity contribution in [3.05, 3.63) is 18.3 Å². The average molecular weight is 348 g/mol. The first-order chi connectivity index (χ1) is 12.0. The lowest BCUT2D eigenvalue weighted by molar-refractivity contribution is -0.121. The van der Waals surface area contributed by atoms with E-state index >= 15 is 0 Å². The van der Waals surface area contributed by atoms with E-state index in [1.54, 1.807) is 23.2 Å². The van der Waals surface area contributed by atoms with Crippen LogP contribution >= 0.6 is 0 Å². The van der Waals surface area contributed by atoms with E-state index in [1.807, 2.05) is 6.92 Å². The van der Waals surface area contributed by atoms with Crippen LogP contribution in [0.3, 0.4) is 0 Å². The molecular weight excluding hydrogens is 320 g/mol. The van der Waals surface area contributed by atoms with Gasteiger partial charge in [-0.15, -0.1) is 0 Å². The van der Waals surface area contributed by atoms with Crippen LogP contribution in [0.5, 0.6) is 5.88 Å². The summed E-state index contributed by atoms with van der Waals surface area (Å²) in [5.74, 6) is 0.486. The van der Waals surface area contributed by atoms with E-state index in [0.29, 0.717) is 43.7 Å². The smallest absolute Gasteiger partial charge is 0.317 e. The fourth-order valence-corrected chi connectivity index (χ4v) is 2.75. The van der Waals surface area contributed by atoms with E-state index in [1.165, 1.54) is 0 Å². The van der Waals surface area contributed by atoms with Gasteiger partial charge in [0.2, 0.25) is 11.8 Å². The maximum Gasteiger partial charge on any atom is 0.317 e. The van der Waals surface area contributed by atoms with E-state index in [0.717, 1.165) is 12.8 Å². The van der Waals surface area contributed by atoms with E-state index < -0.39 is 0 Å². The molecule has 0 radical (unpaired) electrons. The van der Waals surface area contributed by atoms with Gasteiger partial charge in [-0.2, -0.15) is 0 Å². The van der Waals surface area contributed by atoms with Gasteiger partial charge in [0.25, 0.3) is 0 Å². The number of nitrogens with one attached hydrogen (secondary N) is 2. The number of hydrogen-bond donors (Lipinski definition) is 2. The quantitative estimate of drug-likeness (QED) is 0.827. The number of urea groups is 1. The lowest BCUT2D eigenvalue weighted by Gasteiger charge is -2.32. The zero-order chi connectivity index (χ0) is 18.2. The molecule has 1 aromatic rings. The van der Waals surface area contributed by atoms with Crippen LogP contribution in [0.2, 0.25) is 0 Å². The molecule has 2 heterocycles. The number of rotatable bonds is 6. The van der Waals surface area contributed by atoms with E-state index in [-0.39, 0.29) is 17.9 Å². The van der Waals surface area contributed by atoms with Gasteiger partial charge < -0.3 is 20.3 Å². The van der Waals surface area contributed by atoms with Crippen molar-refractivity contribution in [3.8, 4) is 5.88 Å². The van der Waals surface area contributed by atoms with E-state index in [9.17, 15) is 9.59 Å². The highest BCUT2D eigenvalue weighted by atomic mass is 16.5. The number of hydrogen-bond acceptors (Lipinski definition) is 4. The third-order valence-electron chi connectivity index (χ3n) is 4.05. The number of anilines is 1. The summed E-state index contributed by atoms with van der Waals surface area (Å²) < 4.78 is 5.44. The van der Waals surface area contributed by atoms with Crippen LogP contribution in [0.1, 0.15) is 33.6 Å². The molecule has 7 nitrogen and oxygen atoms in total. The van der Waals surface area contributed by atoms with Gasteiger partial charge in [0, 0.05) is 25.8 Å². The molecule has 2 N–H and O–H groups in total. The predicted molar refractivity (Wildman–Crippen MR) is 96.6 cm³/mol. The van der Waals surface area contributed by atoms with Crippen molar-refractivity contribution in [2.24, 2.45) is 11.8 Å². The molecule has 3 amide bonds. The summed E-state index contributed by atoms with van der Waals surface area (Å²) in [6.07, 6.45) is 3.21. The number of pyridine rings is 1. The van der Waals surface area contributed by atoms with Gasteiger partial charge in [-0.3, -0.25) is 4.79 Å². The van der Waals surface area contributed by atoms with Gasteiger partial charge >= 0.3 is 6.03 Å². The molecule has 1 fully saturated rings. The molecule has 0 bridgehead atoms. The number of likely N-dealkylation sites (tertiary alicyclic amines) is 1. The average Bonchev–Trinajstić information content (AvgIpc) is 2.61. The molecule has 25 heavy (non-hydrogen) atoms. The Morgan fingerprint density at radius 1 is 1.44 bits per heavy atom. The molecule has 0 unspecified atom stereocenters. The second-order valence-corrected chi connectivity index (χ2v) is 6.64. The normalized spacial score (nSPS) is 17.3. The van der Waals surface area contributed by atoms with Crippen LogP contribution in [0.15, 0.2) is 18.3 Å². The highest BCUT2D eigenvalue weighted by Crippen LogP contribution is 2.23. The summed E-state index contributed by atoms with van der Waals surface area (Å²) in [7, 11) is 0. The molecule has 138 valence electrons. The van der Waals surface area contributed by atoms with Crippen LogP contribution in [0, 0.1) is 11.8 Å². The van der Waals surface area contributed by atoms with Crippen molar-refractivity contribution in [2.45, 2.75) is 33.6 Å². The number of aromatic nitrogens is 1. The fraction of sp³-hybridized carbons (Fsp3) is 0.611. The SMILES string of the molecule is CCOc1ncccc1NC(=O)[C@H]1CCCN(C(=O)NCC(C)C)C1. The lowest BCUT2D eigenvalue weighted by atomic mass is 9.97. The molecule has 0 spiro atoms. The molecule has 1 saturated heterocycles. The summed E-state index contributed by atoms with van der Waals surface area (Å²) in [6.45, 7) is 8.21. The van der Waals surface area contributed by atoms with Gasteiger partial charge in [-0.1, -0.05) is 13.8 Å². The molecular formula is C18H28N4O3. The second kappa shape index (κ2) is 9.25. The molecule has 1 aliphatic heterocycles. The molecule has 0 saturated carbocycles. The van der Waals surface area contributed by atoms with Gasteiger partial charge in [0.1, 0.15) is 5.69 Å². The Labute approximate surface area is 149 Å². The maximum absolute atomic E-state index is 12.6. The zero-order valence-electron chi connectivity index (χ0n) is 15.2. The number of nitrogens with zero attached hydrogens (tertiary/aromatic N) is 2. The van der Waals surface area contributed by atoms with Crippen molar-refractivity contribution in [1.29, 1.82) is 0 Å².